The van der Waals surface area contributed by atoms with Crippen molar-refractivity contribution in [3.63, 3.8) is 0 Å². The summed E-state index contributed by atoms with van der Waals surface area (Å²) in [5, 5.41) is 12.2. The van der Waals surface area contributed by atoms with Gasteiger partial charge in [-0.3, -0.25) is 0 Å². The monoisotopic (exact) mass is 296 g/mol. The van der Waals surface area contributed by atoms with E-state index in [1.54, 1.807) is 11.8 Å². The van der Waals surface area contributed by atoms with Crippen LogP contribution in [0.2, 0.25) is 0 Å². The van der Waals surface area contributed by atoms with E-state index in [1.165, 1.54) is 16.0 Å². The van der Waals surface area contributed by atoms with E-state index in [4.69, 9.17) is 5.26 Å². The molecule has 0 aliphatic heterocycles. The first-order chi connectivity index (χ1) is 10.3. The van der Waals surface area contributed by atoms with Crippen LogP contribution in [-0.4, -0.2) is 19.3 Å². The van der Waals surface area contributed by atoms with E-state index in [-0.39, 0.29) is 0 Å². The summed E-state index contributed by atoms with van der Waals surface area (Å²) in [7, 11) is 0. The molecule has 2 aromatic rings. The normalized spacial score (nSPS) is 10.3. The highest BCUT2D eigenvalue weighted by molar-refractivity contribution is 7.98. The molecule has 0 saturated heterocycles. The van der Waals surface area contributed by atoms with E-state index >= 15 is 0 Å². The van der Waals surface area contributed by atoms with Crippen LogP contribution < -0.4 is 5.32 Å². The molecule has 0 spiro atoms. The minimum atomic E-state index is 0.723. The Labute approximate surface area is 131 Å². The number of nitrogens with zero attached hydrogens (tertiary/aromatic N) is 1. The molecule has 0 heterocycles. The molecule has 2 rings (SSSR count). The molecule has 0 radical (unpaired) electrons. The van der Waals surface area contributed by atoms with Gasteiger partial charge in [0.15, 0.2) is 0 Å². The fourth-order valence-corrected chi connectivity index (χ4v) is 2.88. The van der Waals surface area contributed by atoms with Crippen LogP contribution in [-0.2, 0) is 12.8 Å². The van der Waals surface area contributed by atoms with Gasteiger partial charge in [0.25, 0.3) is 0 Å². The van der Waals surface area contributed by atoms with Gasteiger partial charge in [-0.05, 0) is 61.5 Å². The zero-order valence-electron chi connectivity index (χ0n) is 12.3. The van der Waals surface area contributed by atoms with Crippen LogP contribution in [0.3, 0.4) is 0 Å². The molecule has 0 fully saturated rings. The third-order valence-electron chi connectivity index (χ3n) is 3.44. The lowest BCUT2D eigenvalue weighted by Gasteiger charge is -2.08. The third kappa shape index (κ3) is 4.93. The molecule has 0 atom stereocenters. The Balaban J connectivity index is 1.71. The van der Waals surface area contributed by atoms with E-state index in [2.05, 4.69) is 41.9 Å². The van der Waals surface area contributed by atoms with Gasteiger partial charge in [-0.25, -0.2) is 0 Å². The van der Waals surface area contributed by atoms with E-state index < -0.39 is 0 Å². The molecule has 1 N–H and O–H groups in total. The number of benzene rings is 2. The summed E-state index contributed by atoms with van der Waals surface area (Å²) in [4.78, 5) is 1.37. The minimum absolute atomic E-state index is 0.723. The quantitative estimate of drug-likeness (QED) is 0.626. The molecular formula is C18H20N2S. The number of rotatable bonds is 7. The molecule has 2 aromatic carbocycles. The highest BCUT2D eigenvalue weighted by Crippen LogP contribution is 2.19. The third-order valence-corrected chi connectivity index (χ3v) is 4.28. The number of nitriles is 1. The molecule has 108 valence electrons. The fourth-order valence-electron chi connectivity index (χ4n) is 2.24. The molecule has 2 nitrogen and oxygen atoms in total. The van der Waals surface area contributed by atoms with Gasteiger partial charge in [-0.2, -0.15) is 5.26 Å². The van der Waals surface area contributed by atoms with Gasteiger partial charge in [0, 0.05) is 4.90 Å². The van der Waals surface area contributed by atoms with Gasteiger partial charge in [0.1, 0.15) is 0 Å². The van der Waals surface area contributed by atoms with Crippen molar-refractivity contribution in [3.8, 4) is 6.07 Å². The first-order valence-electron chi connectivity index (χ1n) is 7.15. The Bertz CT molecular complexity index is 599. The van der Waals surface area contributed by atoms with Crippen LogP contribution in [0.25, 0.3) is 0 Å². The summed E-state index contributed by atoms with van der Waals surface area (Å²) in [6.07, 6.45) is 4.18. The SMILES string of the molecule is CSc1ccccc1CCNCCc1ccc(C#N)cc1. The van der Waals surface area contributed by atoms with Gasteiger partial charge < -0.3 is 5.32 Å². The van der Waals surface area contributed by atoms with Crippen molar-refractivity contribution >= 4 is 11.8 Å². The summed E-state index contributed by atoms with van der Waals surface area (Å²) in [6, 6.07) is 18.5. The Morgan fingerprint density at radius 3 is 2.43 bits per heavy atom. The second kappa shape index (κ2) is 8.51. The Morgan fingerprint density at radius 1 is 1.00 bits per heavy atom. The lowest BCUT2D eigenvalue weighted by atomic mass is 10.1. The van der Waals surface area contributed by atoms with Gasteiger partial charge in [0.2, 0.25) is 0 Å². The summed E-state index contributed by atoms with van der Waals surface area (Å²) in [6.45, 7) is 1.96. The van der Waals surface area contributed by atoms with Crippen LogP contribution in [0.1, 0.15) is 16.7 Å². The second-order valence-corrected chi connectivity index (χ2v) is 5.72. The lowest BCUT2D eigenvalue weighted by Crippen LogP contribution is -2.20. The van der Waals surface area contributed by atoms with Gasteiger partial charge in [0.05, 0.1) is 11.6 Å². The summed E-state index contributed by atoms with van der Waals surface area (Å²) < 4.78 is 0. The molecule has 0 bridgehead atoms. The van der Waals surface area contributed by atoms with Crippen LogP contribution in [0.15, 0.2) is 53.4 Å². The van der Waals surface area contributed by atoms with Crippen LogP contribution in [0, 0.1) is 11.3 Å². The van der Waals surface area contributed by atoms with Crippen molar-refractivity contribution in [3.05, 3.63) is 65.2 Å². The Kier molecular flexibility index (Phi) is 6.33. The van der Waals surface area contributed by atoms with E-state index in [0.717, 1.165) is 31.5 Å². The zero-order valence-corrected chi connectivity index (χ0v) is 13.1. The number of hydrogen-bond donors (Lipinski definition) is 1. The predicted molar refractivity (Wildman–Crippen MR) is 89.7 cm³/mol. The average Bonchev–Trinajstić information content (AvgIpc) is 2.55. The standard InChI is InChI=1S/C18H20N2S/c1-21-18-5-3-2-4-17(18)11-13-20-12-10-15-6-8-16(14-19)9-7-15/h2-9,20H,10-13H2,1H3. The first kappa shape index (κ1) is 15.6. The van der Waals surface area contributed by atoms with Gasteiger partial charge in [-0.1, -0.05) is 30.3 Å². The van der Waals surface area contributed by atoms with Crippen molar-refractivity contribution in [2.45, 2.75) is 17.7 Å². The summed E-state index contributed by atoms with van der Waals surface area (Å²) in [5.74, 6) is 0. The molecule has 21 heavy (non-hydrogen) atoms. The Morgan fingerprint density at radius 2 is 1.71 bits per heavy atom. The zero-order chi connectivity index (χ0) is 14.9. The van der Waals surface area contributed by atoms with Gasteiger partial charge >= 0.3 is 0 Å². The lowest BCUT2D eigenvalue weighted by molar-refractivity contribution is 0.678. The van der Waals surface area contributed by atoms with E-state index in [1.807, 2.05) is 24.3 Å². The summed E-state index contributed by atoms with van der Waals surface area (Å²) >= 11 is 1.81. The molecule has 0 aromatic heterocycles. The number of hydrogen-bond acceptors (Lipinski definition) is 3. The van der Waals surface area contributed by atoms with Crippen LogP contribution >= 0.6 is 11.8 Å². The molecule has 3 heteroatoms. The molecule has 0 saturated carbocycles. The van der Waals surface area contributed by atoms with Crippen molar-refractivity contribution < 1.29 is 0 Å². The highest BCUT2D eigenvalue weighted by Gasteiger charge is 2.00. The van der Waals surface area contributed by atoms with E-state index in [9.17, 15) is 0 Å². The first-order valence-corrected chi connectivity index (χ1v) is 8.37. The second-order valence-electron chi connectivity index (χ2n) is 4.87. The van der Waals surface area contributed by atoms with Crippen LogP contribution in [0.5, 0.6) is 0 Å². The predicted octanol–water partition coefficient (Wildman–Crippen LogP) is 3.65. The maximum absolute atomic E-state index is 8.76. The molecule has 0 amide bonds. The Hall–Kier alpha value is -1.76. The van der Waals surface area contributed by atoms with Crippen molar-refractivity contribution in [2.75, 3.05) is 19.3 Å². The maximum atomic E-state index is 8.76. The molecular weight excluding hydrogens is 276 g/mol. The molecule has 0 aliphatic rings. The highest BCUT2D eigenvalue weighted by atomic mass is 32.2. The minimum Gasteiger partial charge on any atom is -0.316 e. The van der Waals surface area contributed by atoms with Gasteiger partial charge in [-0.15, -0.1) is 11.8 Å². The molecule has 0 unspecified atom stereocenters. The number of thioether (sulfide) groups is 1. The fraction of sp³-hybridized carbons (Fsp3) is 0.278. The van der Waals surface area contributed by atoms with Crippen LogP contribution in [0.4, 0.5) is 0 Å². The number of nitrogens with one attached hydrogen (secondary N) is 1. The van der Waals surface area contributed by atoms with Crippen molar-refractivity contribution in [2.24, 2.45) is 0 Å². The largest absolute Gasteiger partial charge is 0.316 e. The topological polar surface area (TPSA) is 35.8 Å². The maximum Gasteiger partial charge on any atom is 0.0991 e. The average molecular weight is 296 g/mol. The summed E-state index contributed by atoms with van der Waals surface area (Å²) in [5.41, 5.74) is 3.40. The molecule has 0 aliphatic carbocycles. The smallest absolute Gasteiger partial charge is 0.0991 e. The van der Waals surface area contributed by atoms with E-state index in [0.29, 0.717) is 0 Å². The van der Waals surface area contributed by atoms with Crippen molar-refractivity contribution in [1.29, 1.82) is 5.26 Å². The van der Waals surface area contributed by atoms with Crippen molar-refractivity contribution in [1.82, 2.24) is 5.32 Å².